The molecule has 0 atom stereocenters. The Labute approximate surface area is 145 Å². The molecule has 2 N–H and O–H groups in total. The Bertz CT molecular complexity index is 885. The molecule has 3 rings (SSSR count). The van der Waals surface area contributed by atoms with Crippen molar-refractivity contribution in [3.05, 3.63) is 42.2 Å². The second-order valence-corrected chi connectivity index (χ2v) is 7.60. The summed E-state index contributed by atoms with van der Waals surface area (Å²) in [6, 6.07) is 7.66. The van der Waals surface area contributed by atoms with Crippen molar-refractivity contribution >= 4 is 21.6 Å². The fraction of sp³-hybridized carbons (Fsp3) is 0.312. The average molecular weight is 365 g/mol. The van der Waals surface area contributed by atoms with Gasteiger partial charge < -0.3 is 19.7 Å². The average Bonchev–Trinajstić information content (AvgIpc) is 3.00. The lowest BCUT2D eigenvalue weighted by Gasteiger charge is -2.25. The van der Waals surface area contributed by atoms with E-state index in [1.165, 1.54) is 27.2 Å². The smallest absolute Gasteiger partial charge is 0.272 e. The van der Waals surface area contributed by atoms with Crippen LogP contribution in [-0.2, 0) is 21.8 Å². The number of aromatic hydroxyl groups is 1. The molecule has 1 aliphatic rings. The summed E-state index contributed by atoms with van der Waals surface area (Å²) >= 11 is 0. The lowest BCUT2D eigenvalue weighted by Crippen LogP contribution is -2.40. The normalized spacial score (nSPS) is 15.9. The number of para-hydroxylation sites is 2. The maximum Gasteiger partial charge on any atom is 0.272 e. The number of carbonyl (C=O) groups excluding carboxylic acids is 1. The number of rotatable bonds is 4. The van der Waals surface area contributed by atoms with Crippen molar-refractivity contribution in [2.24, 2.45) is 7.05 Å². The summed E-state index contributed by atoms with van der Waals surface area (Å²) in [5.74, 6) is -0.571. The van der Waals surface area contributed by atoms with Gasteiger partial charge in [-0.1, -0.05) is 12.1 Å². The number of sulfonamides is 1. The van der Waals surface area contributed by atoms with Gasteiger partial charge >= 0.3 is 0 Å². The SMILES string of the molecule is Cn1cc(S(=O)(=O)N2CCOCC2)cc1C(=O)Nc1ccccc1O. The number of benzene rings is 1. The summed E-state index contributed by atoms with van der Waals surface area (Å²) < 4.78 is 33.3. The van der Waals surface area contributed by atoms with Gasteiger partial charge in [-0.25, -0.2) is 8.42 Å². The third-order valence-electron chi connectivity index (χ3n) is 3.97. The number of amides is 1. The Morgan fingerprint density at radius 2 is 1.92 bits per heavy atom. The highest BCUT2D eigenvalue weighted by atomic mass is 32.2. The Morgan fingerprint density at radius 1 is 1.24 bits per heavy atom. The minimum Gasteiger partial charge on any atom is -0.506 e. The van der Waals surface area contributed by atoms with Gasteiger partial charge in [-0.05, 0) is 18.2 Å². The lowest BCUT2D eigenvalue weighted by molar-refractivity contribution is 0.0730. The maximum atomic E-state index is 12.7. The van der Waals surface area contributed by atoms with Gasteiger partial charge in [0.25, 0.3) is 5.91 Å². The molecule has 0 radical (unpaired) electrons. The number of hydrogen-bond acceptors (Lipinski definition) is 5. The summed E-state index contributed by atoms with van der Waals surface area (Å²) in [6.07, 6.45) is 1.41. The molecule has 9 heteroatoms. The number of phenolic OH excluding ortho intramolecular Hbond substituents is 1. The molecule has 1 fully saturated rings. The lowest BCUT2D eigenvalue weighted by atomic mass is 10.3. The minimum atomic E-state index is -3.68. The largest absolute Gasteiger partial charge is 0.506 e. The molecule has 0 unspecified atom stereocenters. The summed E-state index contributed by atoms with van der Waals surface area (Å²) in [5, 5.41) is 12.3. The van der Waals surface area contributed by atoms with E-state index in [-0.39, 0.29) is 35.1 Å². The predicted octanol–water partition coefficient (Wildman–Crippen LogP) is 1.00. The Morgan fingerprint density at radius 3 is 2.60 bits per heavy atom. The van der Waals surface area contributed by atoms with E-state index in [4.69, 9.17) is 4.74 Å². The minimum absolute atomic E-state index is 0.0549. The fourth-order valence-electron chi connectivity index (χ4n) is 2.60. The molecule has 0 bridgehead atoms. The summed E-state index contributed by atoms with van der Waals surface area (Å²) in [5.41, 5.74) is 0.432. The van der Waals surface area contributed by atoms with Crippen LogP contribution in [-0.4, -0.2) is 54.6 Å². The van der Waals surface area contributed by atoms with Crippen molar-refractivity contribution in [1.29, 1.82) is 0 Å². The van der Waals surface area contributed by atoms with E-state index in [1.54, 1.807) is 25.2 Å². The van der Waals surface area contributed by atoms with Crippen molar-refractivity contribution in [2.75, 3.05) is 31.6 Å². The molecule has 1 aromatic heterocycles. The third kappa shape index (κ3) is 3.53. The van der Waals surface area contributed by atoms with E-state index in [9.17, 15) is 18.3 Å². The number of phenols is 1. The standard InChI is InChI=1S/C16H19N3O5S/c1-18-11-12(25(22,23)19-6-8-24-9-7-19)10-14(18)16(21)17-13-4-2-3-5-15(13)20/h2-5,10-11,20H,6-9H2,1H3,(H,17,21). The molecule has 25 heavy (non-hydrogen) atoms. The molecule has 1 saturated heterocycles. The van der Waals surface area contributed by atoms with E-state index >= 15 is 0 Å². The van der Waals surface area contributed by atoms with Crippen LogP contribution >= 0.6 is 0 Å². The fourth-order valence-corrected chi connectivity index (χ4v) is 4.08. The van der Waals surface area contributed by atoms with Gasteiger partial charge in [-0.2, -0.15) is 4.31 Å². The molecule has 2 heterocycles. The molecule has 1 aromatic carbocycles. The number of nitrogens with one attached hydrogen (secondary N) is 1. The molecular weight excluding hydrogens is 346 g/mol. The molecule has 134 valence electrons. The van der Waals surface area contributed by atoms with Crippen LogP contribution in [0.2, 0.25) is 0 Å². The first-order valence-corrected chi connectivity index (χ1v) is 9.17. The first-order chi connectivity index (χ1) is 11.9. The zero-order valence-electron chi connectivity index (χ0n) is 13.7. The molecule has 0 saturated carbocycles. The Kier molecular flexibility index (Phi) is 4.80. The van der Waals surface area contributed by atoms with Crippen LogP contribution in [0, 0.1) is 0 Å². The topological polar surface area (TPSA) is 101 Å². The Hall–Kier alpha value is -2.36. The number of carbonyl (C=O) groups is 1. The van der Waals surface area contributed by atoms with Crippen molar-refractivity contribution < 1.29 is 23.1 Å². The van der Waals surface area contributed by atoms with Crippen molar-refractivity contribution in [1.82, 2.24) is 8.87 Å². The van der Waals surface area contributed by atoms with E-state index in [1.807, 2.05) is 0 Å². The first-order valence-electron chi connectivity index (χ1n) is 7.73. The molecule has 2 aromatic rings. The number of nitrogens with zero attached hydrogens (tertiary/aromatic N) is 2. The summed E-state index contributed by atoms with van der Waals surface area (Å²) in [4.78, 5) is 12.5. The molecule has 0 spiro atoms. The maximum absolute atomic E-state index is 12.7. The summed E-state index contributed by atoms with van der Waals surface area (Å²) in [6.45, 7) is 1.28. The number of ether oxygens (including phenoxy) is 1. The molecular formula is C16H19N3O5S. The zero-order chi connectivity index (χ0) is 18.0. The van der Waals surface area contributed by atoms with Crippen LogP contribution in [0.3, 0.4) is 0 Å². The molecule has 1 amide bonds. The first kappa shape index (κ1) is 17.5. The van der Waals surface area contributed by atoms with Crippen LogP contribution in [0.25, 0.3) is 0 Å². The van der Waals surface area contributed by atoms with E-state index < -0.39 is 15.9 Å². The highest BCUT2D eigenvalue weighted by Crippen LogP contribution is 2.24. The molecule has 8 nitrogen and oxygen atoms in total. The monoisotopic (exact) mass is 365 g/mol. The van der Waals surface area contributed by atoms with Crippen molar-refractivity contribution in [2.45, 2.75) is 4.90 Å². The van der Waals surface area contributed by atoms with Crippen LogP contribution < -0.4 is 5.32 Å². The zero-order valence-corrected chi connectivity index (χ0v) is 14.5. The van der Waals surface area contributed by atoms with Gasteiger partial charge in [-0.15, -0.1) is 0 Å². The Balaban J connectivity index is 1.84. The van der Waals surface area contributed by atoms with E-state index in [0.29, 0.717) is 13.2 Å². The van der Waals surface area contributed by atoms with Gasteiger partial charge in [0.2, 0.25) is 10.0 Å². The second kappa shape index (κ2) is 6.87. The quantitative estimate of drug-likeness (QED) is 0.788. The van der Waals surface area contributed by atoms with Crippen LogP contribution in [0.5, 0.6) is 5.75 Å². The van der Waals surface area contributed by atoms with Crippen molar-refractivity contribution in [3.63, 3.8) is 0 Å². The molecule has 0 aliphatic carbocycles. The van der Waals surface area contributed by atoms with Crippen molar-refractivity contribution in [3.8, 4) is 5.75 Å². The third-order valence-corrected chi connectivity index (χ3v) is 5.84. The van der Waals surface area contributed by atoms with Gasteiger partial charge in [0.15, 0.2) is 0 Å². The number of aryl methyl sites for hydroxylation is 1. The van der Waals surface area contributed by atoms with Crippen LogP contribution in [0.1, 0.15) is 10.5 Å². The number of morpholine rings is 1. The number of anilines is 1. The van der Waals surface area contributed by atoms with E-state index in [0.717, 1.165) is 0 Å². The number of hydrogen-bond donors (Lipinski definition) is 2. The predicted molar refractivity (Wildman–Crippen MR) is 91.1 cm³/mol. The van der Waals surface area contributed by atoms with Gasteiger partial charge in [0, 0.05) is 26.3 Å². The van der Waals surface area contributed by atoms with E-state index in [2.05, 4.69) is 5.32 Å². The highest BCUT2D eigenvalue weighted by molar-refractivity contribution is 7.89. The second-order valence-electron chi connectivity index (χ2n) is 5.66. The van der Waals surface area contributed by atoms with Crippen LogP contribution in [0.4, 0.5) is 5.69 Å². The number of aromatic nitrogens is 1. The molecule has 1 aliphatic heterocycles. The van der Waals surface area contributed by atoms with Crippen LogP contribution in [0.15, 0.2) is 41.4 Å². The van der Waals surface area contributed by atoms with Gasteiger partial charge in [-0.3, -0.25) is 4.79 Å². The highest BCUT2D eigenvalue weighted by Gasteiger charge is 2.28. The van der Waals surface area contributed by atoms with Gasteiger partial charge in [0.05, 0.1) is 18.9 Å². The summed E-state index contributed by atoms with van der Waals surface area (Å²) in [7, 11) is -2.08. The van der Waals surface area contributed by atoms with Gasteiger partial charge in [0.1, 0.15) is 16.3 Å².